The highest BCUT2D eigenvalue weighted by molar-refractivity contribution is 5.75. The van der Waals surface area contributed by atoms with Crippen LogP contribution in [0.4, 0.5) is 13.2 Å². The minimum atomic E-state index is -4.30. The van der Waals surface area contributed by atoms with Gasteiger partial charge in [0.15, 0.2) is 0 Å². The standard InChI is InChI=1S/C14H17F3O2/c1-11(18)4-2-3-9-19-10-12-5-7-13(8-6-12)14(15,16)17/h5-8H,2-4,9-10H2,1H3. The molecule has 0 saturated carbocycles. The molecule has 0 bridgehead atoms. The van der Waals surface area contributed by atoms with Crippen molar-refractivity contribution in [2.24, 2.45) is 0 Å². The third-order valence-electron chi connectivity index (χ3n) is 2.62. The lowest BCUT2D eigenvalue weighted by molar-refractivity contribution is -0.137. The molecule has 1 rings (SSSR count). The molecule has 0 N–H and O–H groups in total. The number of hydrogen-bond donors (Lipinski definition) is 0. The molecule has 0 aromatic heterocycles. The second-order valence-electron chi connectivity index (χ2n) is 4.41. The first-order valence-electron chi connectivity index (χ1n) is 6.13. The van der Waals surface area contributed by atoms with E-state index in [-0.39, 0.29) is 12.4 Å². The van der Waals surface area contributed by atoms with Gasteiger partial charge >= 0.3 is 6.18 Å². The number of carbonyl (C=O) groups is 1. The molecule has 1 aromatic rings. The second-order valence-corrected chi connectivity index (χ2v) is 4.41. The Morgan fingerprint density at radius 3 is 2.32 bits per heavy atom. The Morgan fingerprint density at radius 1 is 1.16 bits per heavy atom. The molecule has 2 nitrogen and oxygen atoms in total. The monoisotopic (exact) mass is 274 g/mol. The Kier molecular flexibility index (Phi) is 6.02. The Labute approximate surface area is 110 Å². The first-order valence-corrected chi connectivity index (χ1v) is 6.13. The number of benzene rings is 1. The van der Waals surface area contributed by atoms with Gasteiger partial charge < -0.3 is 9.53 Å². The van der Waals surface area contributed by atoms with Crippen LogP contribution >= 0.6 is 0 Å². The summed E-state index contributed by atoms with van der Waals surface area (Å²) >= 11 is 0. The van der Waals surface area contributed by atoms with E-state index in [1.54, 1.807) is 6.92 Å². The minimum Gasteiger partial charge on any atom is -0.377 e. The summed E-state index contributed by atoms with van der Waals surface area (Å²) in [6.07, 6.45) is -2.20. The number of hydrogen-bond acceptors (Lipinski definition) is 2. The fourth-order valence-electron chi connectivity index (χ4n) is 1.56. The van der Waals surface area contributed by atoms with Gasteiger partial charge in [-0.1, -0.05) is 12.1 Å². The summed E-state index contributed by atoms with van der Waals surface area (Å²) in [5.74, 6) is 0.155. The minimum absolute atomic E-state index is 0.155. The van der Waals surface area contributed by atoms with Crippen molar-refractivity contribution < 1.29 is 22.7 Å². The fraction of sp³-hybridized carbons (Fsp3) is 0.500. The normalized spacial score (nSPS) is 11.6. The van der Waals surface area contributed by atoms with Crippen LogP contribution < -0.4 is 0 Å². The van der Waals surface area contributed by atoms with Gasteiger partial charge in [-0.25, -0.2) is 0 Å². The Morgan fingerprint density at radius 2 is 1.79 bits per heavy atom. The summed E-state index contributed by atoms with van der Waals surface area (Å²) in [6.45, 7) is 2.34. The van der Waals surface area contributed by atoms with Crippen LogP contribution in [0.25, 0.3) is 0 Å². The van der Waals surface area contributed by atoms with Crippen molar-refractivity contribution in [3.05, 3.63) is 35.4 Å². The average Bonchev–Trinajstić information content (AvgIpc) is 2.32. The molecule has 1 aromatic carbocycles. The van der Waals surface area contributed by atoms with Crippen LogP contribution in [0, 0.1) is 0 Å². The molecule has 0 atom stereocenters. The van der Waals surface area contributed by atoms with Crippen molar-refractivity contribution in [1.82, 2.24) is 0 Å². The van der Waals surface area contributed by atoms with Crippen molar-refractivity contribution in [1.29, 1.82) is 0 Å². The van der Waals surface area contributed by atoms with Gasteiger partial charge in [-0.3, -0.25) is 0 Å². The van der Waals surface area contributed by atoms with Gasteiger partial charge in [0.2, 0.25) is 0 Å². The molecule has 0 heterocycles. The maximum Gasteiger partial charge on any atom is 0.416 e. The number of unbranched alkanes of at least 4 members (excludes halogenated alkanes) is 1. The van der Waals surface area contributed by atoms with Crippen molar-refractivity contribution in [2.45, 2.75) is 39.0 Å². The topological polar surface area (TPSA) is 26.3 Å². The smallest absolute Gasteiger partial charge is 0.377 e. The van der Waals surface area contributed by atoms with Crippen molar-refractivity contribution in [3.8, 4) is 0 Å². The van der Waals surface area contributed by atoms with Crippen LogP contribution in [0.2, 0.25) is 0 Å². The molecule has 0 aliphatic carbocycles. The zero-order valence-electron chi connectivity index (χ0n) is 10.8. The molecule has 0 fully saturated rings. The third kappa shape index (κ3) is 6.38. The van der Waals surface area contributed by atoms with Crippen LogP contribution in [0.5, 0.6) is 0 Å². The molecule has 0 amide bonds. The summed E-state index contributed by atoms with van der Waals surface area (Å²) in [5, 5.41) is 0. The lowest BCUT2D eigenvalue weighted by Gasteiger charge is -2.08. The summed E-state index contributed by atoms with van der Waals surface area (Å²) in [4.78, 5) is 10.7. The van der Waals surface area contributed by atoms with Gasteiger partial charge in [-0.05, 0) is 37.5 Å². The van der Waals surface area contributed by atoms with E-state index in [9.17, 15) is 18.0 Å². The summed E-state index contributed by atoms with van der Waals surface area (Å²) in [6, 6.07) is 4.93. The molecule has 106 valence electrons. The van der Waals surface area contributed by atoms with Gasteiger partial charge in [-0.15, -0.1) is 0 Å². The Balaban J connectivity index is 2.25. The van der Waals surface area contributed by atoms with E-state index in [0.717, 1.165) is 25.0 Å². The number of alkyl halides is 3. The first-order chi connectivity index (χ1) is 8.89. The predicted molar refractivity (Wildman–Crippen MR) is 65.6 cm³/mol. The number of ketones is 1. The second kappa shape index (κ2) is 7.28. The quantitative estimate of drug-likeness (QED) is 0.703. The van der Waals surface area contributed by atoms with E-state index >= 15 is 0 Å². The maximum atomic E-state index is 12.3. The molecule has 19 heavy (non-hydrogen) atoms. The van der Waals surface area contributed by atoms with Crippen LogP contribution in [0.15, 0.2) is 24.3 Å². The SMILES string of the molecule is CC(=O)CCCCOCc1ccc(C(F)(F)F)cc1. The molecule has 0 saturated heterocycles. The molecular weight excluding hydrogens is 257 g/mol. The van der Waals surface area contributed by atoms with Gasteiger partial charge in [-0.2, -0.15) is 13.2 Å². The largest absolute Gasteiger partial charge is 0.416 e. The number of Topliss-reactive ketones (excluding diaryl/α,β-unsaturated/α-hetero) is 1. The van der Waals surface area contributed by atoms with Gasteiger partial charge in [0.05, 0.1) is 12.2 Å². The van der Waals surface area contributed by atoms with Gasteiger partial charge in [0, 0.05) is 13.0 Å². The fourth-order valence-corrected chi connectivity index (χ4v) is 1.56. The number of ether oxygens (including phenoxy) is 1. The Hall–Kier alpha value is -1.36. The molecule has 0 aliphatic rings. The molecule has 0 aliphatic heterocycles. The average molecular weight is 274 g/mol. The van der Waals surface area contributed by atoms with Gasteiger partial charge in [0.25, 0.3) is 0 Å². The van der Waals surface area contributed by atoms with E-state index in [1.165, 1.54) is 12.1 Å². The molecule has 0 radical (unpaired) electrons. The van der Waals surface area contributed by atoms with Crippen molar-refractivity contribution >= 4 is 5.78 Å². The van der Waals surface area contributed by atoms with E-state index in [1.807, 2.05) is 0 Å². The highest BCUT2D eigenvalue weighted by Gasteiger charge is 2.29. The van der Waals surface area contributed by atoms with Crippen molar-refractivity contribution in [3.63, 3.8) is 0 Å². The summed E-state index contributed by atoms with van der Waals surface area (Å²) in [7, 11) is 0. The predicted octanol–water partition coefficient (Wildman–Crippen LogP) is 3.98. The van der Waals surface area contributed by atoms with Gasteiger partial charge in [0.1, 0.15) is 5.78 Å². The van der Waals surface area contributed by atoms with Crippen LogP contribution in [-0.4, -0.2) is 12.4 Å². The molecule has 0 unspecified atom stereocenters. The van der Waals surface area contributed by atoms with E-state index in [0.29, 0.717) is 18.6 Å². The lowest BCUT2D eigenvalue weighted by Crippen LogP contribution is -2.05. The van der Waals surface area contributed by atoms with Crippen molar-refractivity contribution in [2.75, 3.05) is 6.61 Å². The summed E-state index contributed by atoms with van der Waals surface area (Å²) < 4.78 is 42.3. The molecule has 5 heteroatoms. The zero-order valence-corrected chi connectivity index (χ0v) is 10.8. The number of carbonyl (C=O) groups excluding carboxylic acids is 1. The third-order valence-corrected chi connectivity index (χ3v) is 2.62. The van der Waals surface area contributed by atoms with Crippen LogP contribution in [0.1, 0.15) is 37.3 Å². The molecular formula is C14H17F3O2. The van der Waals surface area contributed by atoms with E-state index in [4.69, 9.17) is 4.74 Å². The van der Waals surface area contributed by atoms with Crippen LogP contribution in [-0.2, 0) is 22.3 Å². The highest BCUT2D eigenvalue weighted by atomic mass is 19.4. The Bertz CT molecular complexity index is 396. The zero-order chi connectivity index (χ0) is 14.3. The van der Waals surface area contributed by atoms with Crippen LogP contribution in [0.3, 0.4) is 0 Å². The lowest BCUT2D eigenvalue weighted by atomic mass is 10.1. The maximum absolute atomic E-state index is 12.3. The van der Waals surface area contributed by atoms with E-state index < -0.39 is 11.7 Å². The number of rotatable bonds is 7. The highest BCUT2D eigenvalue weighted by Crippen LogP contribution is 2.29. The summed E-state index contributed by atoms with van der Waals surface area (Å²) in [5.41, 5.74) is 0.0530. The van der Waals surface area contributed by atoms with E-state index in [2.05, 4.69) is 0 Å². The molecule has 0 spiro atoms. The first kappa shape index (κ1) is 15.7. The number of halogens is 3.